The van der Waals surface area contributed by atoms with Gasteiger partial charge in [-0.3, -0.25) is 0 Å². The number of esters is 1. The zero-order valence-corrected chi connectivity index (χ0v) is 11.3. The van der Waals surface area contributed by atoms with Crippen LogP contribution in [0.15, 0.2) is 18.3 Å². The fourth-order valence-corrected chi connectivity index (χ4v) is 3.34. The van der Waals surface area contributed by atoms with Crippen LogP contribution in [0.1, 0.15) is 17.3 Å². The predicted molar refractivity (Wildman–Crippen MR) is 72.2 cm³/mol. The Bertz CT molecular complexity index is 491. The molecule has 0 amide bonds. The van der Waals surface area contributed by atoms with Crippen LogP contribution >= 0.6 is 0 Å². The number of methoxy groups -OCH3 is 1. The van der Waals surface area contributed by atoms with Crippen molar-refractivity contribution in [1.29, 1.82) is 0 Å². The van der Waals surface area contributed by atoms with Crippen molar-refractivity contribution in [2.75, 3.05) is 31.6 Å². The van der Waals surface area contributed by atoms with Gasteiger partial charge >= 0.3 is 5.97 Å². The molecule has 19 heavy (non-hydrogen) atoms. The molecule has 3 heterocycles. The molecule has 2 saturated heterocycles. The Labute approximate surface area is 113 Å². The zero-order chi connectivity index (χ0) is 13.4. The van der Waals surface area contributed by atoms with E-state index in [-0.39, 0.29) is 5.97 Å². The summed E-state index contributed by atoms with van der Waals surface area (Å²) in [6.45, 7) is 5.29. The molecule has 5 heteroatoms. The third-order valence-corrected chi connectivity index (χ3v) is 4.40. The molecule has 1 N–H and O–H groups in total. The first-order valence-corrected chi connectivity index (χ1v) is 6.73. The first kappa shape index (κ1) is 12.4. The van der Waals surface area contributed by atoms with Gasteiger partial charge in [-0.05, 0) is 30.9 Å². The minimum absolute atomic E-state index is 0.314. The predicted octanol–water partition coefficient (Wildman–Crippen LogP) is 0.912. The second-order valence-electron chi connectivity index (χ2n) is 5.34. The topological polar surface area (TPSA) is 54.5 Å². The van der Waals surface area contributed by atoms with Gasteiger partial charge in [-0.25, -0.2) is 9.78 Å². The third-order valence-electron chi connectivity index (χ3n) is 4.40. The Morgan fingerprint density at radius 2 is 2.37 bits per heavy atom. The molecule has 2 aliphatic heterocycles. The average Bonchev–Trinajstić information content (AvgIpc) is 3.01. The van der Waals surface area contributed by atoms with Crippen molar-refractivity contribution in [3.8, 4) is 0 Å². The number of hydrogen-bond acceptors (Lipinski definition) is 5. The summed E-state index contributed by atoms with van der Waals surface area (Å²) in [5.41, 5.74) is 0.560. The van der Waals surface area contributed by atoms with Crippen molar-refractivity contribution in [3.05, 3.63) is 23.9 Å². The normalized spacial score (nSPS) is 29.4. The van der Waals surface area contributed by atoms with Crippen LogP contribution in [0.25, 0.3) is 0 Å². The standard InChI is InChI=1S/C14H19N3O2/c1-9-12-7-15-6-10(12)8-17(9)13-11(14(18)19-2)4-3-5-16-13/h3-5,9-10,12,15H,6-8H2,1-2H3. The van der Waals surface area contributed by atoms with Crippen LogP contribution < -0.4 is 10.2 Å². The van der Waals surface area contributed by atoms with Crippen molar-refractivity contribution in [1.82, 2.24) is 10.3 Å². The Morgan fingerprint density at radius 3 is 3.11 bits per heavy atom. The molecule has 2 aliphatic rings. The van der Waals surface area contributed by atoms with Crippen LogP contribution in [-0.2, 0) is 4.74 Å². The first-order chi connectivity index (χ1) is 9.22. The van der Waals surface area contributed by atoms with Crippen molar-refractivity contribution < 1.29 is 9.53 Å². The molecule has 2 fully saturated rings. The number of ether oxygens (including phenoxy) is 1. The third kappa shape index (κ3) is 1.98. The van der Waals surface area contributed by atoms with E-state index in [0.717, 1.165) is 25.5 Å². The molecular weight excluding hydrogens is 242 g/mol. The fourth-order valence-electron chi connectivity index (χ4n) is 3.34. The van der Waals surface area contributed by atoms with Gasteiger partial charge < -0.3 is 15.0 Å². The number of carbonyl (C=O) groups excluding carboxylic acids is 1. The number of rotatable bonds is 2. The lowest BCUT2D eigenvalue weighted by Gasteiger charge is -2.26. The highest BCUT2D eigenvalue weighted by Gasteiger charge is 2.43. The summed E-state index contributed by atoms with van der Waals surface area (Å²) in [6, 6.07) is 3.96. The van der Waals surface area contributed by atoms with Crippen LogP contribution in [0.3, 0.4) is 0 Å². The van der Waals surface area contributed by atoms with Crippen molar-refractivity contribution >= 4 is 11.8 Å². The zero-order valence-electron chi connectivity index (χ0n) is 11.3. The number of anilines is 1. The summed E-state index contributed by atoms with van der Waals surface area (Å²) in [5, 5.41) is 3.44. The lowest BCUT2D eigenvalue weighted by Crippen LogP contribution is -2.34. The van der Waals surface area contributed by atoms with Gasteiger partial charge in [-0.2, -0.15) is 0 Å². The van der Waals surface area contributed by atoms with E-state index >= 15 is 0 Å². The minimum atomic E-state index is -0.314. The van der Waals surface area contributed by atoms with E-state index in [1.54, 1.807) is 18.3 Å². The number of nitrogens with zero attached hydrogens (tertiary/aromatic N) is 2. The number of aromatic nitrogens is 1. The van der Waals surface area contributed by atoms with Gasteiger partial charge in [0.2, 0.25) is 0 Å². The SMILES string of the molecule is COC(=O)c1cccnc1N1CC2CNCC2C1C. The van der Waals surface area contributed by atoms with Crippen LogP contribution in [0.2, 0.25) is 0 Å². The Balaban J connectivity index is 1.93. The molecule has 0 aliphatic carbocycles. The van der Waals surface area contributed by atoms with Gasteiger partial charge in [0, 0.05) is 31.9 Å². The first-order valence-electron chi connectivity index (χ1n) is 6.73. The van der Waals surface area contributed by atoms with E-state index in [1.807, 2.05) is 0 Å². The van der Waals surface area contributed by atoms with Gasteiger partial charge in [0.1, 0.15) is 11.4 Å². The van der Waals surface area contributed by atoms with E-state index in [0.29, 0.717) is 23.4 Å². The van der Waals surface area contributed by atoms with Gasteiger partial charge in [-0.1, -0.05) is 0 Å². The van der Waals surface area contributed by atoms with E-state index < -0.39 is 0 Å². The molecular formula is C14H19N3O2. The number of fused-ring (bicyclic) bond motifs is 1. The van der Waals surface area contributed by atoms with Crippen molar-refractivity contribution in [2.24, 2.45) is 11.8 Å². The molecule has 3 rings (SSSR count). The van der Waals surface area contributed by atoms with Gasteiger partial charge in [0.15, 0.2) is 0 Å². The van der Waals surface area contributed by atoms with Crippen LogP contribution in [0.5, 0.6) is 0 Å². The molecule has 3 unspecified atom stereocenters. The van der Waals surface area contributed by atoms with E-state index in [1.165, 1.54) is 7.11 Å². The lowest BCUT2D eigenvalue weighted by molar-refractivity contribution is 0.0601. The van der Waals surface area contributed by atoms with E-state index in [9.17, 15) is 4.79 Å². The molecule has 102 valence electrons. The maximum absolute atomic E-state index is 11.8. The molecule has 0 saturated carbocycles. The van der Waals surface area contributed by atoms with Crippen LogP contribution in [-0.4, -0.2) is 43.7 Å². The summed E-state index contributed by atoms with van der Waals surface area (Å²) < 4.78 is 4.85. The fraction of sp³-hybridized carbons (Fsp3) is 0.571. The van der Waals surface area contributed by atoms with E-state index in [4.69, 9.17) is 4.74 Å². The average molecular weight is 261 g/mol. The Morgan fingerprint density at radius 1 is 1.53 bits per heavy atom. The van der Waals surface area contributed by atoms with Gasteiger partial charge in [0.25, 0.3) is 0 Å². The largest absolute Gasteiger partial charge is 0.465 e. The number of carbonyl (C=O) groups is 1. The van der Waals surface area contributed by atoms with Crippen LogP contribution in [0, 0.1) is 11.8 Å². The Hall–Kier alpha value is -1.62. The quantitative estimate of drug-likeness (QED) is 0.802. The summed E-state index contributed by atoms with van der Waals surface area (Å²) in [7, 11) is 1.41. The molecule has 5 nitrogen and oxygen atoms in total. The number of hydrogen-bond donors (Lipinski definition) is 1. The highest BCUT2D eigenvalue weighted by Crippen LogP contribution is 2.36. The number of nitrogens with one attached hydrogen (secondary N) is 1. The summed E-state index contributed by atoms with van der Waals surface area (Å²) >= 11 is 0. The summed E-state index contributed by atoms with van der Waals surface area (Å²) in [4.78, 5) is 18.5. The monoisotopic (exact) mass is 261 g/mol. The van der Waals surface area contributed by atoms with Crippen molar-refractivity contribution in [3.63, 3.8) is 0 Å². The molecule has 0 spiro atoms. The molecule has 0 aromatic carbocycles. The lowest BCUT2D eigenvalue weighted by atomic mass is 9.95. The second-order valence-corrected chi connectivity index (χ2v) is 5.34. The summed E-state index contributed by atoms with van der Waals surface area (Å²) in [5.74, 6) is 1.75. The molecule has 1 aromatic rings. The Kier molecular flexibility index (Phi) is 3.14. The van der Waals surface area contributed by atoms with Gasteiger partial charge in [-0.15, -0.1) is 0 Å². The number of pyridine rings is 1. The summed E-state index contributed by atoms with van der Waals surface area (Å²) in [6.07, 6.45) is 1.74. The molecule has 3 atom stereocenters. The van der Waals surface area contributed by atoms with Crippen LogP contribution in [0.4, 0.5) is 5.82 Å². The molecule has 0 radical (unpaired) electrons. The highest BCUT2D eigenvalue weighted by atomic mass is 16.5. The smallest absolute Gasteiger partial charge is 0.341 e. The minimum Gasteiger partial charge on any atom is -0.465 e. The maximum Gasteiger partial charge on any atom is 0.341 e. The van der Waals surface area contributed by atoms with Crippen molar-refractivity contribution in [2.45, 2.75) is 13.0 Å². The molecule has 0 bridgehead atoms. The van der Waals surface area contributed by atoms with E-state index in [2.05, 4.69) is 22.1 Å². The van der Waals surface area contributed by atoms with Gasteiger partial charge in [0.05, 0.1) is 7.11 Å². The highest BCUT2D eigenvalue weighted by molar-refractivity contribution is 5.94. The molecule has 1 aromatic heterocycles. The maximum atomic E-state index is 11.8. The second kappa shape index (κ2) is 4.81.